The predicted octanol–water partition coefficient (Wildman–Crippen LogP) is 3.10. The Morgan fingerprint density at radius 2 is 1.88 bits per heavy atom. The minimum Gasteiger partial charge on any atom is -0.295 e. The van der Waals surface area contributed by atoms with Crippen molar-refractivity contribution >= 4 is 15.8 Å². The van der Waals surface area contributed by atoms with Gasteiger partial charge in [0.15, 0.2) is 5.78 Å². The fraction of sp³-hybridized carbons (Fsp3) is 0.421. The molecular formula is C19H23NO3S. The lowest BCUT2D eigenvalue weighted by atomic mass is 9.87. The molecule has 1 aromatic carbocycles. The second kappa shape index (κ2) is 6.30. The van der Waals surface area contributed by atoms with Gasteiger partial charge in [-0.2, -0.15) is 4.31 Å². The van der Waals surface area contributed by atoms with Crippen LogP contribution in [0, 0.1) is 18.8 Å². The molecule has 1 aliphatic carbocycles. The first-order chi connectivity index (χ1) is 11.3. The van der Waals surface area contributed by atoms with E-state index in [1.165, 1.54) is 0 Å². The van der Waals surface area contributed by atoms with E-state index in [1.54, 1.807) is 23.4 Å². The molecule has 1 heterocycles. The Balaban J connectivity index is 1.86. The lowest BCUT2D eigenvalue weighted by molar-refractivity contribution is -0.113. The van der Waals surface area contributed by atoms with Crippen molar-refractivity contribution in [2.45, 2.75) is 31.6 Å². The number of hydrogen-bond donors (Lipinski definition) is 0. The van der Waals surface area contributed by atoms with Crippen molar-refractivity contribution in [2.24, 2.45) is 11.8 Å². The van der Waals surface area contributed by atoms with E-state index >= 15 is 0 Å². The van der Waals surface area contributed by atoms with Crippen LogP contribution in [0.4, 0.5) is 0 Å². The molecule has 1 aromatic rings. The summed E-state index contributed by atoms with van der Waals surface area (Å²) in [6.45, 7) is 8.55. The predicted molar refractivity (Wildman–Crippen MR) is 94.1 cm³/mol. The monoisotopic (exact) mass is 345 g/mol. The summed E-state index contributed by atoms with van der Waals surface area (Å²) < 4.78 is 27.4. The summed E-state index contributed by atoms with van der Waals surface area (Å²) in [6, 6.07) is 6.95. The number of hydrogen-bond acceptors (Lipinski definition) is 3. The summed E-state index contributed by atoms with van der Waals surface area (Å²) in [6.07, 6.45) is 3.26. The van der Waals surface area contributed by atoms with Crippen molar-refractivity contribution in [2.75, 3.05) is 13.1 Å². The summed E-state index contributed by atoms with van der Waals surface area (Å²) in [5, 5.41) is 0. The number of ketones is 1. The van der Waals surface area contributed by atoms with Crippen LogP contribution in [0.3, 0.4) is 0 Å². The van der Waals surface area contributed by atoms with E-state index in [0.717, 1.165) is 16.7 Å². The maximum absolute atomic E-state index is 12.9. The van der Waals surface area contributed by atoms with Gasteiger partial charge < -0.3 is 0 Å². The Kier molecular flexibility index (Phi) is 4.49. The summed E-state index contributed by atoms with van der Waals surface area (Å²) in [7, 11) is -3.50. The molecule has 5 heteroatoms. The van der Waals surface area contributed by atoms with Gasteiger partial charge in [0, 0.05) is 13.1 Å². The summed E-state index contributed by atoms with van der Waals surface area (Å²) in [5.74, 6) is 0.331. The van der Waals surface area contributed by atoms with Crippen LogP contribution in [0.2, 0.25) is 0 Å². The fourth-order valence-electron chi connectivity index (χ4n) is 3.62. The maximum atomic E-state index is 12.9. The third-order valence-electron chi connectivity index (χ3n) is 5.14. The van der Waals surface area contributed by atoms with Crippen molar-refractivity contribution in [1.29, 1.82) is 0 Å². The molecule has 0 amide bonds. The van der Waals surface area contributed by atoms with Gasteiger partial charge in [-0.3, -0.25) is 4.79 Å². The van der Waals surface area contributed by atoms with E-state index < -0.39 is 10.0 Å². The molecular weight excluding hydrogens is 322 g/mol. The molecule has 2 unspecified atom stereocenters. The Labute approximate surface area is 143 Å². The van der Waals surface area contributed by atoms with Crippen LogP contribution in [0.1, 0.15) is 25.3 Å². The second-order valence-electron chi connectivity index (χ2n) is 6.85. The van der Waals surface area contributed by atoms with Gasteiger partial charge >= 0.3 is 0 Å². The number of sulfonamides is 1. The molecule has 0 aromatic heterocycles. The molecule has 0 radical (unpaired) electrons. The van der Waals surface area contributed by atoms with Crippen LogP contribution in [0.5, 0.6) is 0 Å². The second-order valence-corrected chi connectivity index (χ2v) is 8.79. The molecule has 1 fully saturated rings. The standard InChI is InChI=1S/C19H23NO3S/c1-13-4-8-18(9-5-13)24(22,23)20-11-17-10-16(15(3)21)7-6-14(2)19(17)12-20/h4-5,7-9,17,19H,2,6,10-12H2,1,3H3. The van der Waals surface area contributed by atoms with Crippen molar-refractivity contribution in [3.63, 3.8) is 0 Å². The molecule has 0 saturated carbocycles. The Morgan fingerprint density at radius 1 is 1.21 bits per heavy atom. The summed E-state index contributed by atoms with van der Waals surface area (Å²) in [5.41, 5.74) is 2.86. The first-order valence-electron chi connectivity index (χ1n) is 8.23. The van der Waals surface area contributed by atoms with Crippen molar-refractivity contribution in [1.82, 2.24) is 4.31 Å². The average Bonchev–Trinajstić information content (AvgIpc) is 2.89. The molecule has 2 atom stereocenters. The molecule has 0 bridgehead atoms. The molecule has 0 spiro atoms. The topological polar surface area (TPSA) is 54.5 Å². The highest BCUT2D eigenvalue weighted by Crippen LogP contribution is 2.39. The number of rotatable bonds is 3. The van der Waals surface area contributed by atoms with Gasteiger partial charge in [0.1, 0.15) is 0 Å². The molecule has 1 saturated heterocycles. The SMILES string of the molecule is C=C1CC=C(C(C)=O)CC2CN(S(=O)(=O)c3ccc(C)cc3)CC12. The average molecular weight is 345 g/mol. The highest BCUT2D eigenvalue weighted by atomic mass is 32.2. The molecule has 3 rings (SSSR count). The van der Waals surface area contributed by atoms with Crippen LogP contribution < -0.4 is 0 Å². The molecule has 1 aliphatic heterocycles. The first-order valence-corrected chi connectivity index (χ1v) is 9.67. The van der Waals surface area contributed by atoms with Crippen molar-refractivity contribution < 1.29 is 13.2 Å². The van der Waals surface area contributed by atoms with Crippen LogP contribution in [-0.4, -0.2) is 31.6 Å². The quantitative estimate of drug-likeness (QED) is 0.791. The van der Waals surface area contributed by atoms with Gasteiger partial charge in [-0.1, -0.05) is 35.9 Å². The number of carbonyl (C=O) groups excluding carboxylic acids is 1. The van der Waals surface area contributed by atoms with Crippen LogP contribution in [-0.2, 0) is 14.8 Å². The van der Waals surface area contributed by atoms with Crippen LogP contribution >= 0.6 is 0 Å². The zero-order chi connectivity index (χ0) is 17.5. The zero-order valence-electron chi connectivity index (χ0n) is 14.2. The maximum Gasteiger partial charge on any atom is 0.243 e. The van der Waals surface area contributed by atoms with Gasteiger partial charge in [0.05, 0.1) is 4.90 Å². The number of aryl methyl sites for hydroxylation is 1. The van der Waals surface area contributed by atoms with E-state index in [-0.39, 0.29) is 17.6 Å². The molecule has 2 aliphatic rings. The fourth-order valence-corrected chi connectivity index (χ4v) is 5.14. The smallest absolute Gasteiger partial charge is 0.243 e. The number of benzene rings is 1. The van der Waals surface area contributed by atoms with Gasteiger partial charge in [-0.05, 0) is 56.2 Å². The van der Waals surface area contributed by atoms with E-state index in [2.05, 4.69) is 6.58 Å². The third kappa shape index (κ3) is 3.10. The lowest BCUT2D eigenvalue weighted by Gasteiger charge is -2.17. The van der Waals surface area contributed by atoms with E-state index in [4.69, 9.17) is 0 Å². The van der Waals surface area contributed by atoms with E-state index in [1.807, 2.05) is 25.1 Å². The van der Waals surface area contributed by atoms with Gasteiger partial charge in [0.2, 0.25) is 10.0 Å². The third-order valence-corrected chi connectivity index (χ3v) is 6.98. The van der Waals surface area contributed by atoms with Crippen molar-refractivity contribution in [3.8, 4) is 0 Å². The van der Waals surface area contributed by atoms with E-state index in [9.17, 15) is 13.2 Å². The minimum absolute atomic E-state index is 0.0725. The molecule has 4 nitrogen and oxygen atoms in total. The Bertz CT molecular complexity index is 806. The van der Waals surface area contributed by atoms with Gasteiger partial charge in [-0.25, -0.2) is 8.42 Å². The van der Waals surface area contributed by atoms with Crippen LogP contribution in [0.15, 0.2) is 53.0 Å². The summed E-state index contributed by atoms with van der Waals surface area (Å²) >= 11 is 0. The zero-order valence-corrected chi connectivity index (χ0v) is 15.0. The molecule has 24 heavy (non-hydrogen) atoms. The van der Waals surface area contributed by atoms with Crippen LogP contribution in [0.25, 0.3) is 0 Å². The normalized spacial score (nSPS) is 25.1. The van der Waals surface area contributed by atoms with Crippen molar-refractivity contribution in [3.05, 3.63) is 53.6 Å². The minimum atomic E-state index is -3.50. The number of allylic oxidation sites excluding steroid dienone is 2. The summed E-state index contributed by atoms with van der Waals surface area (Å²) in [4.78, 5) is 12.1. The highest BCUT2D eigenvalue weighted by molar-refractivity contribution is 7.89. The van der Waals surface area contributed by atoms with Gasteiger partial charge in [0.25, 0.3) is 0 Å². The number of fused-ring (bicyclic) bond motifs is 1. The van der Waals surface area contributed by atoms with Gasteiger partial charge in [-0.15, -0.1) is 0 Å². The number of nitrogens with zero attached hydrogens (tertiary/aromatic N) is 1. The Morgan fingerprint density at radius 3 is 2.50 bits per heavy atom. The molecule has 128 valence electrons. The largest absolute Gasteiger partial charge is 0.295 e. The number of Topliss-reactive ketones (excluding diaryl/α,β-unsaturated/α-hetero) is 1. The first kappa shape index (κ1) is 17.1. The molecule has 0 N–H and O–H groups in total. The van der Waals surface area contributed by atoms with E-state index in [0.29, 0.717) is 30.8 Å². The highest BCUT2D eigenvalue weighted by Gasteiger charge is 2.41. The number of carbonyl (C=O) groups is 1. The lowest BCUT2D eigenvalue weighted by Crippen LogP contribution is -2.29. The Hall–Kier alpha value is -1.72.